The molecule has 0 amide bonds. The van der Waals surface area contributed by atoms with Crippen molar-refractivity contribution in [2.24, 2.45) is 16.7 Å². The van der Waals surface area contributed by atoms with E-state index in [1.165, 1.54) is 7.11 Å². The molecule has 0 aliphatic rings. The standard InChI is InChI=1S/C14H28O2/c1-8-11(3)10-14(6,12(15)16-7)13(4,5)9-2/h11H,8-10H2,1-7H3. The Balaban J connectivity index is 5.11. The second-order valence-electron chi connectivity index (χ2n) is 5.78. The molecule has 0 saturated heterocycles. The number of carbonyl (C=O) groups is 1. The van der Waals surface area contributed by atoms with Gasteiger partial charge < -0.3 is 4.74 Å². The summed E-state index contributed by atoms with van der Waals surface area (Å²) in [7, 11) is 1.49. The number of carbonyl (C=O) groups excluding carboxylic acids is 1. The average Bonchev–Trinajstić information content (AvgIpc) is 2.26. The molecule has 0 aromatic heterocycles. The zero-order valence-corrected chi connectivity index (χ0v) is 12.0. The first-order chi connectivity index (χ1) is 7.25. The topological polar surface area (TPSA) is 26.3 Å². The smallest absolute Gasteiger partial charge is 0.312 e. The highest BCUT2D eigenvalue weighted by Crippen LogP contribution is 2.47. The number of ether oxygens (including phenoxy) is 1. The minimum atomic E-state index is -0.383. The summed E-state index contributed by atoms with van der Waals surface area (Å²) in [6.07, 6.45) is 2.98. The van der Waals surface area contributed by atoms with Crippen molar-refractivity contribution < 1.29 is 9.53 Å². The molecule has 2 nitrogen and oxygen atoms in total. The van der Waals surface area contributed by atoms with Crippen molar-refractivity contribution in [1.82, 2.24) is 0 Å². The zero-order chi connectivity index (χ0) is 13.0. The van der Waals surface area contributed by atoms with Crippen molar-refractivity contribution >= 4 is 5.97 Å². The molecule has 2 heteroatoms. The van der Waals surface area contributed by atoms with E-state index in [0.717, 1.165) is 19.3 Å². The Kier molecular flexibility index (Phi) is 5.51. The first-order valence-corrected chi connectivity index (χ1v) is 6.33. The molecule has 0 rings (SSSR count). The van der Waals surface area contributed by atoms with Crippen molar-refractivity contribution in [2.75, 3.05) is 7.11 Å². The van der Waals surface area contributed by atoms with E-state index in [0.29, 0.717) is 5.92 Å². The Morgan fingerprint density at radius 3 is 2.06 bits per heavy atom. The first-order valence-electron chi connectivity index (χ1n) is 6.33. The number of rotatable bonds is 6. The van der Waals surface area contributed by atoms with Crippen LogP contribution in [0.4, 0.5) is 0 Å². The van der Waals surface area contributed by atoms with Gasteiger partial charge in [0.05, 0.1) is 12.5 Å². The molecule has 0 radical (unpaired) electrons. The average molecular weight is 228 g/mol. The van der Waals surface area contributed by atoms with Crippen LogP contribution < -0.4 is 0 Å². The predicted molar refractivity (Wildman–Crippen MR) is 68.3 cm³/mol. The van der Waals surface area contributed by atoms with Gasteiger partial charge in [-0.2, -0.15) is 0 Å². The summed E-state index contributed by atoms with van der Waals surface area (Å²) in [6, 6.07) is 0. The van der Waals surface area contributed by atoms with Crippen LogP contribution in [0.3, 0.4) is 0 Å². The molecule has 0 aromatic rings. The van der Waals surface area contributed by atoms with E-state index >= 15 is 0 Å². The lowest BCUT2D eigenvalue weighted by atomic mass is 9.61. The minimum absolute atomic E-state index is 0.0243. The van der Waals surface area contributed by atoms with E-state index in [1.54, 1.807) is 0 Å². The van der Waals surface area contributed by atoms with Gasteiger partial charge in [-0.3, -0.25) is 4.79 Å². The normalized spacial score (nSPS) is 17.7. The van der Waals surface area contributed by atoms with Gasteiger partial charge in [0.2, 0.25) is 0 Å². The quantitative estimate of drug-likeness (QED) is 0.641. The van der Waals surface area contributed by atoms with Crippen LogP contribution in [-0.4, -0.2) is 13.1 Å². The largest absolute Gasteiger partial charge is 0.469 e. The molecule has 0 aliphatic carbocycles. The molecule has 0 N–H and O–H groups in total. The Bertz CT molecular complexity index is 233. The molecule has 0 heterocycles. The van der Waals surface area contributed by atoms with E-state index in [-0.39, 0.29) is 16.8 Å². The fourth-order valence-electron chi connectivity index (χ4n) is 2.09. The second-order valence-corrected chi connectivity index (χ2v) is 5.78. The number of methoxy groups -OCH3 is 1. The van der Waals surface area contributed by atoms with Crippen LogP contribution in [0.25, 0.3) is 0 Å². The van der Waals surface area contributed by atoms with Gasteiger partial charge in [0.15, 0.2) is 0 Å². The van der Waals surface area contributed by atoms with E-state index in [2.05, 4.69) is 41.5 Å². The van der Waals surface area contributed by atoms with Crippen molar-refractivity contribution in [1.29, 1.82) is 0 Å². The molecule has 0 spiro atoms. The van der Waals surface area contributed by atoms with Crippen LogP contribution in [0, 0.1) is 16.7 Å². The van der Waals surface area contributed by atoms with Gasteiger partial charge in [0.1, 0.15) is 0 Å². The maximum Gasteiger partial charge on any atom is 0.312 e. The third-order valence-electron chi connectivity index (χ3n) is 4.47. The summed E-state index contributed by atoms with van der Waals surface area (Å²) in [5.74, 6) is 0.481. The Labute approximate surface area is 101 Å². The molecule has 0 fully saturated rings. The lowest BCUT2D eigenvalue weighted by molar-refractivity contribution is -0.161. The van der Waals surface area contributed by atoms with Crippen LogP contribution in [-0.2, 0) is 9.53 Å². The SMILES string of the molecule is CCC(C)CC(C)(C(=O)OC)C(C)(C)CC. The van der Waals surface area contributed by atoms with Crippen LogP contribution >= 0.6 is 0 Å². The Morgan fingerprint density at radius 1 is 1.25 bits per heavy atom. The zero-order valence-electron chi connectivity index (χ0n) is 12.0. The fraction of sp³-hybridized carbons (Fsp3) is 0.929. The van der Waals surface area contributed by atoms with Crippen LogP contribution in [0.5, 0.6) is 0 Å². The summed E-state index contributed by atoms with van der Waals surface area (Å²) < 4.78 is 5.01. The Morgan fingerprint density at radius 2 is 1.75 bits per heavy atom. The van der Waals surface area contributed by atoms with E-state index < -0.39 is 0 Å². The number of esters is 1. The molecule has 2 atom stereocenters. The van der Waals surface area contributed by atoms with E-state index in [1.807, 2.05) is 0 Å². The van der Waals surface area contributed by atoms with Crippen molar-refractivity contribution in [2.45, 2.75) is 60.8 Å². The molecule has 96 valence electrons. The van der Waals surface area contributed by atoms with Gasteiger partial charge in [-0.05, 0) is 31.1 Å². The highest BCUT2D eigenvalue weighted by molar-refractivity contribution is 5.77. The van der Waals surface area contributed by atoms with Gasteiger partial charge in [-0.25, -0.2) is 0 Å². The van der Waals surface area contributed by atoms with E-state index in [4.69, 9.17) is 4.74 Å². The third kappa shape index (κ3) is 2.99. The summed E-state index contributed by atoms with van der Waals surface area (Å²) in [5.41, 5.74) is -0.407. The van der Waals surface area contributed by atoms with Gasteiger partial charge in [0, 0.05) is 0 Å². The highest BCUT2D eigenvalue weighted by atomic mass is 16.5. The summed E-state index contributed by atoms with van der Waals surface area (Å²) in [5, 5.41) is 0. The number of hydrogen-bond donors (Lipinski definition) is 0. The molecule has 0 saturated carbocycles. The Hall–Kier alpha value is -0.530. The fourth-order valence-corrected chi connectivity index (χ4v) is 2.09. The molecule has 0 aromatic carbocycles. The lowest BCUT2D eigenvalue weighted by Gasteiger charge is -2.42. The van der Waals surface area contributed by atoms with Gasteiger partial charge in [-0.1, -0.05) is 41.0 Å². The predicted octanol–water partition coefficient (Wildman–Crippen LogP) is 4.04. The van der Waals surface area contributed by atoms with E-state index in [9.17, 15) is 4.79 Å². The maximum atomic E-state index is 12.1. The second kappa shape index (κ2) is 5.70. The molecular weight excluding hydrogens is 200 g/mol. The maximum absolute atomic E-state index is 12.1. The van der Waals surface area contributed by atoms with Crippen LogP contribution in [0.15, 0.2) is 0 Å². The summed E-state index contributed by atoms with van der Waals surface area (Å²) in [4.78, 5) is 12.1. The van der Waals surface area contributed by atoms with Crippen LogP contribution in [0.1, 0.15) is 60.8 Å². The van der Waals surface area contributed by atoms with Crippen molar-refractivity contribution in [3.63, 3.8) is 0 Å². The summed E-state index contributed by atoms with van der Waals surface area (Å²) in [6.45, 7) is 12.9. The molecule has 0 bridgehead atoms. The van der Waals surface area contributed by atoms with Crippen molar-refractivity contribution in [3.05, 3.63) is 0 Å². The molecule has 2 unspecified atom stereocenters. The van der Waals surface area contributed by atoms with Gasteiger partial charge in [0.25, 0.3) is 0 Å². The first kappa shape index (κ1) is 15.5. The minimum Gasteiger partial charge on any atom is -0.469 e. The molecule has 0 aliphatic heterocycles. The van der Waals surface area contributed by atoms with Gasteiger partial charge >= 0.3 is 5.97 Å². The lowest BCUT2D eigenvalue weighted by Crippen LogP contribution is -2.43. The third-order valence-corrected chi connectivity index (χ3v) is 4.47. The van der Waals surface area contributed by atoms with Crippen molar-refractivity contribution in [3.8, 4) is 0 Å². The summed E-state index contributed by atoms with van der Waals surface area (Å²) >= 11 is 0. The monoisotopic (exact) mass is 228 g/mol. The number of hydrogen-bond acceptors (Lipinski definition) is 2. The molecule has 16 heavy (non-hydrogen) atoms. The highest BCUT2D eigenvalue weighted by Gasteiger charge is 2.47. The molecular formula is C14H28O2. The van der Waals surface area contributed by atoms with Crippen LogP contribution in [0.2, 0.25) is 0 Å². The van der Waals surface area contributed by atoms with Gasteiger partial charge in [-0.15, -0.1) is 0 Å².